The number of ether oxygens (including phenoxy) is 2. The van der Waals surface area contributed by atoms with Crippen LogP contribution in [-0.2, 0) is 14.3 Å². The molecular weight excluding hydrogens is 226 g/mol. The molecule has 0 spiro atoms. The summed E-state index contributed by atoms with van der Waals surface area (Å²) in [4.78, 5) is 11.7. The first kappa shape index (κ1) is 12.2. The van der Waals surface area contributed by atoms with Gasteiger partial charge in [0.25, 0.3) is 0 Å². The van der Waals surface area contributed by atoms with E-state index in [-0.39, 0.29) is 12.1 Å². The van der Waals surface area contributed by atoms with Crippen molar-refractivity contribution >= 4 is 17.7 Å². The van der Waals surface area contributed by atoms with E-state index in [4.69, 9.17) is 9.47 Å². The Morgan fingerprint density at radius 3 is 2.94 bits per heavy atom. The molecule has 2 fully saturated rings. The Balaban J connectivity index is 1.66. The van der Waals surface area contributed by atoms with Gasteiger partial charge in [0.15, 0.2) is 0 Å². The number of hydrogen-bond acceptors (Lipinski definition) is 5. The number of esters is 1. The third-order valence-corrected chi connectivity index (χ3v) is 4.01. The molecule has 92 valence electrons. The van der Waals surface area contributed by atoms with Crippen LogP contribution in [0.3, 0.4) is 0 Å². The van der Waals surface area contributed by atoms with Crippen LogP contribution in [0.2, 0.25) is 0 Å². The molecule has 1 unspecified atom stereocenters. The van der Waals surface area contributed by atoms with Crippen molar-refractivity contribution in [2.75, 3.05) is 31.3 Å². The number of hydrogen-bond donors (Lipinski definition) is 1. The lowest BCUT2D eigenvalue weighted by Crippen LogP contribution is -2.40. The summed E-state index contributed by atoms with van der Waals surface area (Å²) in [5.74, 6) is 2.10. The maximum Gasteiger partial charge on any atom is 0.307 e. The minimum atomic E-state index is -0.0631. The molecule has 0 aromatic rings. The van der Waals surface area contributed by atoms with Crippen molar-refractivity contribution in [2.24, 2.45) is 0 Å². The summed E-state index contributed by atoms with van der Waals surface area (Å²) < 4.78 is 10.7. The molecule has 0 radical (unpaired) electrons. The smallest absolute Gasteiger partial charge is 0.307 e. The highest BCUT2D eigenvalue weighted by molar-refractivity contribution is 7.99. The molecule has 0 bridgehead atoms. The lowest BCUT2D eigenvalue weighted by atomic mass is 10.1. The predicted molar refractivity (Wildman–Crippen MR) is 63.7 cm³/mol. The van der Waals surface area contributed by atoms with Crippen LogP contribution < -0.4 is 5.32 Å². The first-order valence-electron chi connectivity index (χ1n) is 5.93. The Labute approximate surface area is 100 Å². The van der Waals surface area contributed by atoms with Crippen molar-refractivity contribution in [2.45, 2.75) is 31.4 Å². The minimum Gasteiger partial charge on any atom is -0.462 e. The fourth-order valence-corrected chi connectivity index (χ4v) is 2.93. The van der Waals surface area contributed by atoms with Crippen molar-refractivity contribution < 1.29 is 14.3 Å². The molecule has 2 heterocycles. The van der Waals surface area contributed by atoms with Gasteiger partial charge < -0.3 is 14.8 Å². The molecule has 0 aliphatic carbocycles. The predicted octanol–water partition coefficient (Wildman–Crippen LogP) is 0.804. The van der Waals surface area contributed by atoms with Gasteiger partial charge in [-0.15, -0.1) is 0 Å². The van der Waals surface area contributed by atoms with Crippen molar-refractivity contribution in [3.63, 3.8) is 0 Å². The van der Waals surface area contributed by atoms with E-state index >= 15 is 0 Å². The molecule has 4 nitrogen and oxygen atoms in total. The molecule has 0 saturated carbocycles. The molecule has 16 heavy (non-hydrogen) atoms. The molecule has 5 heteroatoms. The highest BCUT2D eigenvalue weighted by Crippen LogP contribution is 2.14. The monoisotopic (exact) mass is 245 g/mol. The van der Waals surface area contributed by atoms with E-state index < -0.39 is 0 Å². The number of nitrogens with one attached hydrogen (secondary N) is 1. The molecule has 2 aliphatic heterocycles. The van der Waals surface area contributed by atoms with Crippen LogP contribution in [0.25, 0.3) is 0 Å². The topological polar surface area (TPSA) is 47.6 Å². The van der Waals surface area contributed by atoms with Gasteiger partial charge in [-0.3, -0.25) is 4.79 Å². The van der Waals surface area contributed by atoms with E-state index in [2.05, 4.69) is 5.32 Å². The number of rotatable bonds is 3. The summed E-state index contributed by atoms with van der Waals surface area (Å²) in [7, 11) is 0. The normalized spacial score (nSPS) is 27.6. The van der Waals surface area contributed by atoms with Crippen molar-refractivity contribution in [3.05, 3.63) is 0 Å². The van der Waals surface area contributed by atoms with Crippen LogP contribution in [0, 0.1) is 0 Å². The van der Waals surface area contributed by atoms with E-state index in [9.17, 15) is 4.79 Å². The van der Waals surface area contributed by atoms with E-state index in [1.165, 1.54) is 0 Å². The highest BCUT2D eigenvalue weighted by Gasteiger charge is 2.21. The van der Waals surface area contributed by atoms with Gasteiger partial charge >= 0.3 is 5.97 Å². The van der Waals surface area contributed by atoms with Crippen LogP contribution in [0.15, 0.2) is 0 Å². The Hall–Kier alpha value is -0.260. The molecule has 1 atom stereocenters. The van der Waals surface area contributed by atoms with Gasteiger partial charge in [0.2, 0.25) is 0 Å². The van der Waals surface area contributed by atoms with Gasteiger partial charge in [0, 0.05) is 36.9 Å². The number of carbonyl (C=O) groups excluding carboxylic acids is 1. The van der Waals surface area contributed by atoms with E-state index in [1.54, 1.807) is 0 Å². The van der Waals surface area contributed by atoms with Crippen LogP contribution in [0.5, 0.6) is 0 Å². The zero-order valence-corrected chi connectivity index (χ0v) is 10.3. The van der Waals surface area contributed by atoms with Gasteiger partial charge in [-0.25, -0.2) is 0 Å². The van der Waals surface area contributed by atoms with Crippen LogP contribution in [0.4, 0.5) is 0 Å². The van der Waals surface area contributed by atoms with Crippen LogP contribution >= 0.6 is 11.8 Å². The first-order chi connectivity index (χ1) is 7.84. The Kier molecular flexibility index (Phi) is 4.93. The third-order valence-electron chi connectivity index (χ3n) is 2.88. The quantitative estimate of drug-likeness (QED) is 0.745. The SMILES string of the molecule is O=C(CC1CSCCN1)OC1CCOCC1. The Morgan fingerprint density at radius 1 is 1.44 bits per heavy atom. The van der Waals surface area contributed by atoms with Crippen molar-refractivity contribution in [1.29, 1.82) is 0 Å². The van der Waals surface area contributed by atoms with E-state index in [0.717, 1.165) is 44.1 Å². The molecular formula is C11H19NO3S. The van der Waals surface area contributed by atoms with Gasteiger partial charge in [-0.1, -0.05) is 0 Å². The maximum atomic E-state index is 11.7. The molecule has 1 N–H and O–H groups in total. The van der Waals surface area contributed by atoms with Gasteiger partial charge in [-0.2, -0.15) is 11.8 Å². The zero-order chi connectivity index (χ0) is 11.2. The molecule has 2 aliphatic rings. The first-order valence-corrected chi connectivity index (χ1v) is 7.08. The second-order valence-corrected chi connectivity index (χ2v) is 5.38. The zero-order valence-electron chi connectivity index (χ0n) is 9.44. The number of carbonyl (C=O) groups is 1. The summed E-state index contributed by atoms with van der Waals surface area (Å²) in [5, 5.41) is 3.34. The van der Waals surface area contributed by atoms with Crippen molar-refractivity contribution in [3.8, 4) is 0 Å². The number of thioether (sulfide) groups is 1. The summed E-state index contributed by atoms with van der Waals surface area (Å²) >= 11 is 1.90. The summed E-state index contributed by atoms with van der Waals surface area (Å²) in [6.07, 6.45) is 2.28. The molecule has 2 saturated heterocycles. The second-order valence-electron chi connectivity index (χ2n) is 4.23. The van der Waals surface area contributed by atoms with E-state index in [0.29, 0.717) is 12.5 Å². The van der Waals surface area contributed by atoms with E-state index in [1.807, 2.05) is 11.8 Å². The fourth-order valence-electron chi connectivity index (χ4n) is 1.98. The van der Waals surface area contributed by atoms with Crippen LogP contribution in [-0.4, -0.2) is 49.4 Å². The highest BCUT2D eigenvalue weighted by atomic mass is 32.2. The summed E-state index contributed by atoms with van der Waals surface area (Å²) in [6.45, 7) is 2.44. The fraction of sp³-hybridized carbons (Fsp3) is 0.909. The average molecular weight is 245 g/mol. The van der Waals surface area contributed by atoms with Crippen molar-refractivity contribution in [1.82, 2.24) is 5.32 Å². The lowest BCUT2D eigenvalue weighted by Gasteiger charge is -2.25. The lowest BCUT2D eigenvalue weighted by molar-refractivity contribution is -0.153. The molecule has 0 amide bonds. The maximum absolute atomic E-state index is 11.7. The van der Waals surface area contributed by atoms with Gasteiger partial charge in [-0.05, 0) is 0 Å². The third kappa shape index (κ3) is 3.96. The molecule has 0 aromatic carbocycles. The Bertz CT molecular complexity index is 203. The minimum absolute atomic E-state index is 0.0631. The Morgan fingerprint density at radius 2 is 2.25 bits per heavy atom. The largest absolute Gasteiger partial charge is 0.462 e. The second kappa shape index (κ2) is 6.47. The average Bonchev–Trinajstić information content (AvgIpc) is 2.31. The molecule has 2 rings (SSSR count). The van der Waals surface area contributed by atoms with Gasteiger partial charge in [0.1, 0.15) is 6.10 Å². The summed E-state index contributed by atoms with van der Waals surface area (Å²) in [6, 6.07) is 0.297. The molecule has 0 aromatic heterocycles. The van der Waals surface area contributed by atoms with Crippen LogP contribution in [0.1, 0.15) is 19.3 Å². The standard InChI is InChI=1S/C11H19NO3S/c13-11(7-9-8-16-6-3-12-9)15-10-1-4-14-5-2-10/h9-10,12H,1-8H2. The van der Waals surface area contributed by atoms with Gasteiger partial charge in [0.05, 0.1) is 19.6 Å². The summed E-state index contributed by atoms with van der Waals surface area (Å²) in [5.41, 5.74) is 0.